The monoisotopic (exact) mass is 206 g/mol. The van der Waals surface area contributed by atoms with E-state index >= 15 is 0 Å². The summed E-state index contributed by atoms with van der Waals surface area (Å²) in [5.41, 5.74) is 0. The quantitative estimate of drug-likeness (QED) is 0.458. The third-order valence-corrected chi connectivity index (χ3v) is 1.85. The highest BCUT2D eigenvalue weighted by atomic mass is 16.6. The SMILES string of the molecule is CCCCOC(O)(COC)CC(C)O. The number of aliphatic hydroxyl groups excluding tert-OH is 1. The first-order valence-electron chi connectivity index (χ1n) is 5.07. The number of ether oxygens (including phenoxy) is 2. The van der Waals surface area contributed by atoms with Crippen molar-refractivity contribution in [1.82, 2.24) is 0 Å². The zero-order valence-corrected chi connectivity index (χ0v) is 9.32. The molecule has 0 saturated heterocycles. The van der Waals surface area contributed by atoms with Crippen LogP contribution in [0.15, 0.2) is 0 Å². The maximum atomic E-state index is 9.90. The van der Waals surface area contributed by atoms with Crippen LogP contribution in [0.1, 0.15) is 33.1 Å². The van der Waals surface area contributed by atoms with E-state index in [2.05, 4.69) is 0 Å². The minimum Gasteiger partial charge on any atom is -0.393 e. The highest BCUT2D eigenvalue weighted by molar-refractivity contribution is 4.69. The smallest absolute Gasteiger partial charge is 0.191 e. The minimum absolute atomic E-state index is 0.0849. The predicted molar refractivity (Wildman–Crippen MR) is 54.0 cm³/mol. The van der Waals surface area contributed by atoms with Crippen LogP contribution in [0, 0.1) is 0 Å². The Kier molecular flexibility index (Phi) is 7.09. The number of hydrogen-bond acceptors (Lipinski definition) is 4. The van der Waals surface area contributed by atoms with Gasteiger partial charge in [0.05, 0.1) is 12.7 Å². The fourth-order valence-corrected chi connectivity index (χ4v) is 1.25. The largest absolute Gasteiger partial charge is 0.393 e. The van der Waals surface area contributed by atoms with E-state index < -0.39 is 11.9 Å². The Balaban J connectivity index is 3.95. The molecule has 4 nitrogen and oxygen atoms in total. The van der Waals surface area contributed by atoms with Crippen LogP contribution in [0.25, 0.3) is 0 Å². The Morgan fingerprint density at radius 3 is 2.50 bits per heavy atom. The molecular formula is C10H22O4. The lowest BCUT2D eigenvalue weighted by Crippen LogP contribution is -2.40. The molecule has 0 aliphatic rings. The zero-order chi connectivity index (χ0) is 11.0. The van der Waals surface area contributed by atoms with Crippen LogP contribution >= 0.6 is 0 Å². The average Bonchev–Trinajstić information content (AvgIpc) is 2.03. The molecule has 2 unspecified atom stereocenters. The first kappa shape index (κ1) is 13.8. The Morgan fingerprint density at radius 1 is 1.43 bits per heavy atom. The van der Waals surface area contributed by atoms with Gasteiger partial charge in [-0.15, -0.1) is 0 Å². The zero-order valence-electron chi connectivity index (χ0n) is 9.32. The summed E-state index contributed by atoms with van der Waals surface area (Å²) >= 11 is 0. The fourth-order valence-electron chi connectivity index (χ4n) is 1.25. The van der Waals surface area contributed by atoms with Crippen LogP contribution in [0.3, 0.4) is 0 Å². The van der Waals surface area contributed by atoms with E-state index in [-0.39, 0.29) is 13.0 Å². The summed E-state index contributed by atoms with van der Waals surface area (Å²) in [4.78, 5) is 0. The van der Waals surface area contributed by atoms with Gasteiger partial charge in [0.1, 0.15) is 6.61 Å². The van der Waals surface area contributed by atoms with Gasteiger partial charge in [0, 0.05) is 13.5 Å². The first-order valence-corrected chi connectivity index (χ1v) is 5.07. The molecule has 0 fully saturated rings. The molecule has 2 atom stereocenters. The molecule has 86 valence electrons. The standard InChI is InChI=1S/C10H22O4/c1-4-5-6-14-10(12,8-13-3)7-9(2)11/h9,11-12H,4-8H2,1-3H3. The van der Waals surface area contributed by atoms with E-state index in [1.165, 1.54) is 7.11 Å². The van der Waals surface area contributed by atoms with Gasteiger partial charge < -0.3 is 19.7 Å². The van der Waals surface area contributed by atoms with Crippen molar-refractivity contribution in [2.24, 2.45) is 0 Å². The molecule has 0 aromatic carbocycles. The molecule has 0 heterocycles. The Labute approximate surface area is 85.8 Å². The predicted octanol–water partition coefficient (Wildman–Crippen LogP) is 0.909. The van der Waals surface area contributed by atoms with Crippen molar-refractivity contribution < 1.29 is 19.7 Å². The Bertz CT molecular complexity index is 138. The van der Waals surface area contributed by atoms with Crippen LogP contribution in [-0.4, -0.2) is 42.4 Å². The number of unbranched alkanes of at least 4 members (excludes halogenated alkanes) is 1. The summed E-state index contributed by atoms with van der Waals surface area (Å²) in [5.74, 6) is -1.35. The molecule has 4 heteroatoms. The molecule has 0 saturated carbocycles. The molecule has 14 heavy (non-hydrogen) atoms. The highest BCUT2D eigenvalue weighted by Gasteiger charge is 2.29. The van der Waals surface area contributed by atoms with Crippen molar-refractivity contribution in [3.05, 3.63) is 0 Å². The van der Waals surface area contributed by atoms with Gasteiger partial charge in [0.15, 0.2) is 5.79 Å². The highest BCUT2D eigenvalue weighted by Crippen LogP contribution is 2.16. The van der Waals surface area contributed by atoms with Crippen molar-refractivity contribution in [2.75, 3.05) is 20.3 Å². The maximum absolute atomic E-state index is 9.90. The summed E-state index contributed by atoms with van der Waals surface area (Å²) in [6, 6.07) is 0. The van der Waals surface area contributed by atoms with Gasteiger partial charge in [0.2, 0.25) is 0 Å². The second-order valence-electron chi connectivity index (χ2n) is 3.63. The van der Waals surface area contributed by atoms with E-state index in [1.54, 1.807) is 6.92 Å². The molecule has 0 aromatic heterocycles. The minimum atomic E-state index is -1.35. The lowest BCUT2D eigenvalue weighted by Gasteiger charge is -2.28. The summed E-state index contributed by atoms with van der Waals surface area (Å²) in [7, 11) is 1.50. The molecule has 0 radical (unpaired) electrons. The molecule has 0 rings (SSSR count). The molecule has 0 bridgehead atoms. The van der Waals surface area contributed by atoms with Gasteiger partial charge >= 0.3 is 0 Å². The van der Waals surface area contributed by atoms with E-state index in [0.717, 1.165) is 12.8 Å². The lowest BCUT2D eigenvalue weighted by molar-refractivity contribution is -0.241. The Hall–Kier alpha value is -0.160. The lowest BCUT2D eigenvalue weighted by atomic mass is 10.1. The molecule has 0 spiro atoms. The van der Waals surface area contributed by atoms with Crippen LogP contribution in [0.5, 0.6) is 0 Å². The molecular weight excluding hydrogens is 184 g/mol. The molecule has 0 aliphatic heterocycles. The van der Waals surface area contributed by atoms with Crippen LogP contribution in [-0.2, 0) is 9.47 Å². The average molecular weight is 206 g/mol. The van der Waals surface area contributed by atoms with E-state index in [1.807, 2.05) is 6.92 Å². The van der Waals surface area contributed by atoms with Gasteiger partial charge in [-0.1, -0.05) is 13.3 Å². The fraction of sp³-hybridized carbons (Fsp3) is 1.00. The van der Waals surface area contributed by atoms with E-state index in [4.69, 9.17) is 9.47 Å². The van der Waals surface area contributed by atoms with Crippen molar-refractivity contribution in [3.8, 4) is 0 Å². The third kappa shape index (κ3) is 6.32. The van der Waals surface area contributed by atoms with Gasteiger partial charge in [-0.2, -0.15) is 0 Å². The number of aliphatic hydroxyl groups is 2. The number of hydrogen-bond donors (Lipinski definition) is 2. The normalized spacial score (nSPS) is 17.8. The molecule has 0 aliphatic carbocycles. The second-order valence-corrected chi connectivity index (χ2v) is 3.63. The van der Waals surface area contributed by atoms with Gasteiger partial charge in [0.25, 0.3) is 0 Å². The van der Waals surface area contributed by atoms with Crippen molar-refractivity contribution >= 4 is 0 Å². The summed E-state index contributed by atoms with van der Waals surface area (Å²) in [5, 5.41) is 19.1. The van der Waals surface area contributed by atoms with Crippen molar-refractivity contribution in [3.63, 3.8) is 0 Å². The topological polar surface area (TPSA) is 58.9 Å². The Morgan fingerprint density at radius 2 is 2.07 bits per heavy atom. The van der Waals surface area contributed by atoms with Crippen LogP contribution in [0.4, 0.5) is 0 Å². The van der Waals surface area contributed by atoms with Crippen LogP contribution in [0.2, 0.25) is 0 Å². The molecule has 0 amide bonds. The first-order chi connectivity index (χ1) is 6.54. The second kappa shape index (κ2) is 7.17. The molecule has 0 aromatic rings. The summed E-state index contributed by atoms with van der Waals surface area (Å²) in [6.07, 6.45) is 1.48. The third-order valence-electron chi connectivity index (χ3n) is 1.85. The van der Waals surface area contributed by atoms with Gasteiger partial charge in [-0.25, -0.2) is 0 Å². The van der Waals surface area contributed by atoms with Gasteiger partial charge in [-0.05, 0) is 13.3 Å². The van der Waals surface area contributed by atoms with Gasteiger partial charge in [-0.3, -0.25) is 0 Å². The maximum Gasteiger partial charge on any atom is 0.191 e. The van der Waals surface area contributed by atoms with Crippen LogP contribution < -0.4 is 0 Å². The van der Waals surface area contributed by atoms with Crippen molar-refractivity contribution in [1.29, 1.82) is 0 Å². The molecule has 2 N–H and O–H groups in total. The van der Waals surface area contributed by atoms with E-state index in [0.29, 0.717) is 6.61 Å². The summed E-state index contributed by atoms with van der Waals surface area (Å²) in [6.45, 7) is 4.24. The number of methoxy groups -OCH3 is 1. The van der Waals surface area contributed by atoms with E-state index in [9.17, 15) is 10.2 Å². The van der Waals surface area contributed by atoms with Crippen molar-refractivity contribution in [2.45, 2.75) is 45.0 Å². The summed E-state index contributed by atoms with van der Waals surface area (Å²) < 4.78 is 10.1. The number of rotatable bonds is 8.